The molecule has 0 saturated heterocycles. The Hall–Kier alpha value is 0.420. The number of thioether (sulfide) groups is 1. The maximum atomic E-state index is 8.47. The Labute approximate surface area is 75.7 Å². The Bertz CT molecular complexity index is 130. The van der Waals surface area contributed by atoms with E-state index in [1.807, 2.05) is 6.07 Å². The number of hydrogen-bond donors (Lipinski definition) is 0. The lowest BCUT2D eigenvalue weighted by Crippen LogP contribution is -2.16. The monoisotopic (exact) mass is 197 g/mol. The maximum absolute atomic E-state index is 8.47. The normalized spacial score (nSPS) is 15.8. The molecule has 0 amide bonds. The van der Waals surface area contributed by atoms with E-state index >= 15 is 0 Å². The molecule has 0 rings (SSSR count). The van der Waals surface area contributed by atoms with Gasteiger partial charge in [-0.1, -0.05) is 0 Å². The molecule has 10 heavy (non-hydrogen) atoms. The van der Waals surface area contributed by atoms with E-state index in [0.717, 1.165) is 5.75 Å². The van der Waals surface area contributed by atoms with Crippen LogP contribution < -0.4 is 0 Å². The topological polar surface area (TPSA) is 23.8 Å². The van der Waals surface area contributed by atoms with Crippen LogP contribution >= 0.6 is 35.0 Å². The Morgan fingerprint density at radius 2 is 2.30 bits per heavy atom. The Morgan fingerprint density at radius 3 is 2.70 bits per heavy atom. The molecule has 0 aromatic carbocycles. The number of hydrogen-bond acceptors (Lipinski definition) is 2. The van der Waals surface area contributed by atoms with Gasteiger partial charge in [0, 0.05) is 17.4 Å². The first-order valence-corrected chi connectivity index (χ1v) is 4.93. The summed E-state index contributed by atoms with van der Waals surface area (Å²) in [4.78, 5) is -0.725. The van der Waals surface area contributed by atoms with Crippen LogP contribution in [0.15, 0.2) is 0 Å². The van der Waals surface area contributed by atoms with E-state index in [2.05, 4.69) is 0 Å². The second-order valence-corrected chi connectivity index (χ2v) is 4.37. The largest absolute Gasteiger partial charge is 0.196 e. The summed E-state index contributed by atoms with van der Waals surface area (Å²) >= 11 is 12.8. The van der Waals surface area contributed by atoms with Crippen molar-refractivity contribution in [2.24, 2.45) is 0 Å². The third-order valence-electron chi connectivity index (χ3n) is 0.828. The van der Waals surface area contributed by atoms with Crippen LogP contribution in [0, 0.1) is 11.3 Å². The van der Waals surface area contributed by atoms with Crippen molar-refractivity contribution in [3.63, 3.8) is 0 Å². The maximum Gasteiger partial charge on any atom is 0.137 e. The van der Waals surface area contributed by atoms with Gasteiger partial charge < -0.3 is 0 Å². The predicted molar refractivity (Wildman–Crippen MR) is 47.9 cm³/mol. The lowest BCUT2D eigenvalue weighted by atomic mass is 10.2. The second kappa shape index (κ2) is 5.12. The van der Waals surface area contributed by atoms with E-state index in [-0.39, 0.29) is 0 Å². The van der Waals surface area contributed by atoms with Gasteiger partial charge in [-0.05, 0) is 6.92 Å². The van der Waals surface area contributed by atoms with Gasteiger partial charge in [-0.2, -0.15) is 17.0 Å². The second-order valence-electron chi connectivity index (χ2n) is 2.05. The number of nitriles is 1. The minimum Gasteiger partial charge on any atom is -0.196 e. The van der Waals surface area contributed by atoms with Crippen LogP contribution in [-0.4, -0.2) is 22.3 Å². The number of alkyl halides is 2. The zero-order valence-electron chi connectivity index (χ0n) is 5.73. The van der Waals surface area contributed by atoms with Crippen LogP contribution in [0.3, 0.4) is 0 Å². The summed E-state index contributed by atoms with van der Waals surface area (Å²) < 4.78 is 0. The van der Waals surface area contributed by atoms with Gasteiger partial charge in [-0.25, -0.2) is 0 Å². The number of halogens is 2. The van der Waals surface area contributed by atoms with Crippen molar-refractivity contribution in [3.8, 4) is 6.07 Å². The molecule has 0 heterocycles. The lowest BCUT2D eigenvalue weighted by Gasteiger charge is -2.10. The summed E-state index contributed by atoms with van der Waals surface area (Å²) in [6, 6.07) is 2.00. The van der Waals surface area contributed by atoms with Gasteiger partial charge in [0.2, 0.25) is 0 Å². The highest BCUT2D eigenvalue weighted by Crippen LogP contribution is 2.19. The molecule has 0 spiro atoms. The Kier molecular flexibility index (Phi) is 5.34. The summed E-state index contributed by atoms with van der Waals surface area (Å²) in [5.74, 6) is 2.10. The van der Waals surface area contributed by atoms with Gasteiger partial charge >= 0.3 is 0 Å². The average Bonchev–Trinajstić information content (AvgIpc) is 1.89. The third-order valence-corrected chi connectivity index (χ3v) is 2.89. The zero-order chi connectivity index (χ0) is 8.04. The van der Waals surface area contributed by atoms with E-state index in [9.17, 15) is 0 Å². The summed E-state index contributed by atoms with van der Waals surface area (Å²) in [6.45, 7) is 1.70. The molecule has 0 aliphatic rings. The first-order valence-electron chi connectivity index (χ1n) is 2.86. The summed E-state index contributed by atoms with van der Waals surface area (Å²) in [5.41, 5.74) is 0. The molecule has 1 nitrogen and oxygen atoms in total. The lowest BCUT2D eigenvalue weighted by molar-refractivity contribution is 0.913. The zero-order valence-corrected chi connectivity index (χ0v) is 8.06. The van der Waals surface area contributed by atoms with Crippen LogP contribution in [0.2, 0.25) is 0 Å². The quantitative estimate of drug-likeness (QED) is 0.511. The first kappa shape index (κ1) is 10.4. The van der Waals surface area contributed by atoms with E-state index in [1.165, 1.54) is 0 Å². The Morgan fingerprint density at radius 1 is 1.70 bits per heavy atom. The molecule has 0 aromatic heterocycles. The minimum absolute atomic E-state index is 0.614. The van der Waals surface area contributed by atoms with Gasteiger partial charge in [0.25, 0.3) is 0 Å². The molecule has 0 bridgehead atoms. The van der Waals surface area contributed by atoms with Crippen molar-refractivity contribution in [3.05, 3.63) is 0 Å². The van der Waals surface area contributed by atoms with Gasteiger partial charge in [0.05, 0.1) is 6.07 Å². The van der Waals surface area contributed by atoms with Gasteiger partial charge in [-0.15, -0.1) is 23.2 Å². The van der Waals surface area contributed by atoms with Gasteiger partial charge in [-0.3, -0.25) is 0 Å². The van der Waals surface area contributed by atoms with E-state index < -0.39 is 4.87 Å². The van der Waals surface area contributed by atoms with Crippen molar-refractivity contribution in [2.45, 2.75) is 11.8 Å². The first-order chi connectivity index (χ1) is 4.62. The van der Waals surface area contributed by atoms with Gasteiger partial charge in [0.15, 0.2) is 0 Å². The van der Waals surface area contributed by atoms with Crippen molar-refractivity contribution in [1.82, 2.24) is 0 Å². The van der Waals surface area contributed by atoms with Crippen molar-refractivity contribution in [2.75, 3.05) is 17.4 Å². The fourth-order valence-electron chi connectivity index (χ4n) is 0.351. The molecule has 1 unspecified atom stereocenters. The third kappa shape index (κ3) is 5.22. The van der Waals surface area contributed by atoms with Crippen LogP contribution in [-0.2, 0) is 0 Å². The van der Waals surface area contributed by atoms with Crippen LogP contribution in [0.5, 0.6) is 0 Å². The van der Waals surface area contributed by atoms with E-state index in [1.54, 1.807) is 18.7 Å². The molecule has 0 saturated carbocycles. The predicted octanol–water partition coefficient (Wildman–Crippen LogP) is 2.48. The van der Waals surface area contributed by atoms with Crippen LogP contribution in [0.4, 0.5) is 0 Å². The molecule has 0 aliphatic heterocycles. The van der Waals surface area contributed by atoms with Crippen molar-refractivity contribution in [1.29, 1.82) is 5.26 Å². The molecule has 0 fully saturated rings. The average molecular weight is 198 g/mol. The van der Waals surface area contributed by atoms with E-state index in [4.69, 9.17) is 28.5 Å². The highest BCUT2D eigenvalue weighted by molar-refractivity contribution is 7.99. The smallest absolute Gasteiger partial charge is 0.137 e. The molecular weight excluding hydrogens is 189 g/mol. The molecule has 0 aliphatic carbocycles. The molecular formula is C6H9Cl2NS. The minimum atomic E-state index is -0.725. The highest BCUT2D eigenvalue weighted by atomic mass is 35.5. The summed E-state index contributed by atoms with van der Waals surface area (Å²) in [6.07, 6.45) is 0. The molecule has 0 N–H and O–H groups in total. The molecule has 1 atom stereocenters. The van der Waals surface area contributed by atoms with Crippen LogP contribution in [0.1, 0.15) is 6.92 Å². The number of nitrogens with zero attached hydrogens (tertiary/aromatic N) is 1. The highest BCUT2D eigenvalue weighted by Gasteiger charge is 2.18. The fourth-order valence-corrected chi connectivity index (χ4v) is 1.61. The summed E-state index contributed by atoms with van der Waals surface area (Å²) in [7, 11) is 0. The fraction of sp³-hybridized carbons (Fsp3) is 0.833. The van der Waals surface area contributed by atoms with Crippen LogP contribution in [0.25, 0.3) is 0 Å². The van der Waals surface area contributed by atoms with Crippen molar-refractivity contribution < 1.29 is 0 Å². The SMILES string of the molecule is CC(Cl)(C#N)CSCCCl. The molecule has 58 valence electrons. The van der Waals surface area contributed by atoms with E-state index in [0.29, 0.717) is 11.6 Å². The standard InChI is InChI=1S/C6H9Cl2NS/c1-6(8,4-9)5-10-3-2-7/h2-3,5H2,1H3. The van der Waals surface area contributed by atoms with Gasteiger partial charge in [0.1, 0.15) is 4.87 Å². The molecule has 4 heteroatoms. The van der Waals surface area contributed by atoms with Crippen molar-refractivity contribution >= 4 is 35.0 Å². The molecule has 0 radical (unpaired) electrons. The Balaban J connectivity index is 3.40. The number of rotatable bonds is 4. The summed E-state index contributed by atoms with van der Waals surface area (Å²) in [5, 5.41) is 8.47. The molecule has 0 aromatic rings.